The number of nitrogens with one attached hydrogen (secondary N) is 1. The van der Waals surface area contributed by atoms with Gasteiger partial charge in [0.05, 0.1) is 16.0 Å². The largest absolute Gasteiger partial charge is 0.321 e. The first-order chi connectivity index (χ1) is 12.6. The Kier molecular flexibility index (Phi) is 4.59. The van der Waals surface area contributed by atoms with Crippen molar-refractivity contribution in [2.45, 2.75) is 32.1 Å². The number of anilines is 1. The molecule has 1 aromatic carbocycles. The van der Waals surface area contributed by atoms with Gasteiger partial charge in [-0.15, -0.1) is 11.3 Å². The van der Waals surface area contributed by atoms with Gasteiger partial charge in [-0.2, -0.15) is 0 Å². The molecule has 6 heteroatoms. The summed E-state index contributed by atoms with van der Waals surface area (Å²) in [5.74, 6) is -0.269. The highest BCUT2D eigenvalue weighted by Gasteiger charge is 2.37. The highest BCUT2D eigenvalue weighted by Crippen LogP contribution is 2.30. The van der Waals surface area contributed by atoms with Gasteiger partial charge < -0.3 is 5.32 Å². The van der Waals surface area contributed by atoms with Gasteiger partial charge in [0.25, 0.3) is 17.7 Å². The number of hydrogen-bond donors (Lipinski definition) is 1. The SMILES string of the molecule is O=C(Nc1ccc2c(c1)C(=O)N(CC1CCCCC1)C2=O)c1cccs1. The van der Waals surface area contributed by atoms with Crippen LogP contribution < -0.4 is 5.32 Å². The van der Waals surface area contributed by atoms with Crippen molar-refractivity contribution in [3.8, 4) is 0 Å². The van der Waals surface area contributed by atoms with Gasteiger partial charge in [-0.25, -0.2) is 0 Å². The molecule has 134 valence electrons. The van der Waals surface area contributed by atoms with Crippen LogP contribution in [0.4, 0.5) is 5.69 Å². The number of hydrogen-bond acceptors (Lipinski definition) is 4. The Morgan fingerprint density at radius 2 is 1.85 bits per heavy atom. The maximum Gasteiger partial charge on any atom is 0.265 e. The number of fused-ring (bicyclic) bond motifs is 1. The maximum absolute atomic E-state index is 12.7. The predicted octanol–water partition coefficient (Wildman–Crippen LogP) is 4.18. The van der Waals surface area contributed by atoms with Crippen molar-refractivity contribution in [1.29, 1.82) is 0 Å². The standard InChI is InChI=1S/C20H20N2O3S/c23-18(17-7-4-10-26-17)21-14-8-9-15-16(11-14)20(25)22(19(15)24)12-13-5-2-1-3-6-13/h4,7-11,13H,1-3,5-6,12H2,(H,21,23). The first-order valence-electron chi connectivity index (χ1n) is 8.98. The molecule has 0 bridgehead atoms. The Morgan fingerprint density at radius 3 is 2.58 bits per heavy atom. The van der Waals surface area contributed by atoms with E-state index in [-0.39, 0.29) is 17.7 Å². The van der Waals surface area contributed by atoms with Crippen LogP contribution in [-0.4, -0.2) is 29.2 Å². The average molecular weight is 368 g/mol. The van der Waals surface area contributed by atoms with Crippen LogP contribution in [-0.2, 0) is 0 Å². The zero-order valence-corrected chi connectivity index (χ0v) is 15.2. The molecule has 1 N–H and O–H groups in total. The molecule has 2 aliphatic rings. The van der Waals surface area contributed by atoms with Crippen molar-refractivity contribution in [2.75, 3.05) is 11.9 Å². The lowest BCUT2D eigenvalue weighted by atomic mass is 9.89. The van der Waals surface area contributed by atoms with Gasteiger partial charge >= 0.3 is 0 Å². The molecule has 0 unspecified atom stereocenters. The summed E-state index contributed by atoms with van der Waals surface area (Å²) in [6.45, 7) is 0.503. The van der Waals surface area contributed by atoms with E-state index in [9.17, 15) is 14.4 Å². The van der Waals surface area contributed by atoms with Crippen LogP contribution in [0.1, 0.15) is 62.5 Å². The number of thiophene rings is 1. The van der Waals surface area contributed by atoms with Crippen LogP contribution in [0.25, 0.3) is 0 Å². The van der Waals surface area contributed by atoms with Crippen LogP contribution >= 0.6 is 11.3 Å². The fourth-order valence-corrected chi connectivity index (χ4v) is 4.38. The molecular weight excluding hydrogens is 348 g/mol. The van der Waals surface area contributed by atoms with Crippen molar-refractivity contribution < 1.29 is 14.4 Å². The molecule has 2 heterocycles. The Bertz CT molecular complexity index is 854. The minimum atomic E-state index is -0.247. The lowest BCUT2D eigenvalue weighted by Crippen LogP contribution is -2.35. The predicted molar refractivity (Wildman–Crippen MR) is 101 cm³/mol. The summed E-state index contributed by atoms with van der Waals surface area (Å²) in [6.07, 6.45) is 5.75. The number of nitrogens with zero attached hydrogens (tertiary/aromatic N) is 1. The van der Waals surface area contributed by atoms with Gasteiger partial charge in [0.15, 0.2) is 0 Å². The molecule has 1 aromatic heterocycles. The maximum atomic E-state index is 12.7. The highest BCUT2D eigenvalue weighted by atomic mass is 32.1. The average Bonchev–Trinajstić information content (AvgIpc) is 3.27. The van der Waals surface area contributed by atoms with E-state index in [1.54, 1.807) is 24.3 Å². The minimum absolute atomic E-state index is 0.212. The lowest BCUT2D eigenvalue weighted by Gasteiger charge is -2.25. The number of amides is 3. The second-order valence-electron chi connectivity index (χ2n) is 6.92. The van der Waals surface area contributed by atoms with Crippen LogP contribution in [0.2, 0.25) is 0 Å². The first kappa shape index (κ1) is 17.0. The van der Waals surface area contributed by atoms with Gasteiger partial charge in [0.2, 0.25) is 0 Å². The zero-order valence-electron chi connectivity index (χ0n) is 14.4. The van der Waals surface area contributed by atoms with E-state index in [0.29, 0.717) is 34.2 Å². The van der Waals surface area contributed by atoms with Crippen molar-refractivity contribution in [3.05, 3.63) is 51.7 Å². The normalized spacial score (nSPS) is 17.5. The smallest absolute Gasteiger partial charge is 0.265 e. The van der Waals surface area contributed by atoms with E-state index >= 15 is 0 Å². The molecule has 26 heavy (non-hydrogen) atoms. The monoisotopic (exact) mass is 368 g/mol. The third-order valence-corrected chi connectivity index (χ3v) is 6.01. The van der Waals surface area contributed by atoms with E-state index < -0.39 is 0 Å². The number of carbonyl (C=O) groups is 3. The second kappa shape index (κ2) is 7.03. The van der Waals surface area contributed by atoms with Gasteiger partial charge in [0.1, 0.15) is 0 Å². The highest BCUT2D eigenvalue weighted by molar-refractivity contribution is 7.12. The molecule has 2 aromatic rings. The number of rotatable bonds is 4. The summed E-state index contributed by atoms with van der Waals surface area (Å²) in [5, 5.41) is 4.63. The van der Waals surface area contributed by atoms with E-state index in [0.717, 1.165) is 12.8 Å². The van der Waals surface area contributed by atoms with Gasteiger partial charge in [-0.1, -0.05) is 25.3 Å². The molecule has 3 amide bonds. The summed E-state index contributed by atoms with van der Waals surface area (Å²) in [4.78, 5) is 39.5. The van der Waals surface area contributed by atoms with E-state index in [4.69, 9.17) is 0 Å². The van der Waals surface area contributed by atoms with Gasteiger partial charge in [-0.05, 0) is 48.4 Å². The molecule has 1 aliphatic carbocycles. The molecule has 5 nitrogen and oxygen atoms in total. The Morgan fingerprint density at radius 1 is 1.08 bits per heavy atom. The van der Waals surface area contributed by atoms with Crippen LogP contribution in [0, 0.1) is 5.92 Å². The van der Waals surface area contributed by atoms with Gasteiger partial charge in [0, 0.05) is 12.2 Å². The summed E-state index contributed by atoms with van der Waals surface area (Å²) >= 11 is 1.36. The molecule has 1 aliphatic heterocycles. The van der Waals surface area contributed by atoms with Crippen molar-refractivity contribution in [3.63, 3.8) is 0 Å². The third-order valence-electron chi connectivity index (χ3n) is 5.14. The topological polar surface area (TPSA) is 66.5 Å². The zero-order chi connectivity index (χ0) is 18.1. The molecule has 4 rings (SSSR count). The fourth-order valence-electron chi connectivity index (χ4n) is 3.76. The van der Waals surface area contributed by atoms with E-state index in [1.807, 2.05) is 11.4 Å². The molecule has 0 saturated heterocycles. The first-order valence-corrected chi connectivity index (χ1v) is 9.86. The van der Waals surface area contributed by atoms with Crippen molar-refractivity contribution >= 4 is 34.7 Å². The van der Waals surface area contributed by atoms with Crippen LogP contribution in [0.15, 0.2) is 35.7 Å². The molecular formula is C20H20N2O3S. The number of imide groups is 1. The van der Waals surface area contributed by atoms with Crippen molar-refractivity contribution in [1.82, 2.24) is 4.90 Å². The molecule has 0 radical (unpaired) electrons. The summed E-state index contributed by atoms with van der Waals surface area (Å²) < 4.78 is 0. The summed E-state index contributed by atoms with van der Waals surface area (Å²) in [6, 6.07) is 8.49. The Hall–Kier alpha value is -2.47. The van der Waals surface area contributed by atoms with Crippen LogP contribution in [0.3, 0.4) is 0 Å². The molecule has 0 atom stereocenters. The minimum Gasteiger partial charge on any atom is -0.321 e. The summed E-state index contributed by atoms with van der Waals surface area (Å²) in [7, 11) is 0. The Balaban J connectivity index is 1.51. The number of carbonyl (C=O) groups excluding carboxylic acids is 3. The quantitative estimate of drug-likeness (QED) is 0.824. The lowest BCUT2D eigenvalue weighted by molar-refractivity contribution is 0.0616. The number of benzene rings is 1. The summed E-state index contributed by atoms with van der Waals surface area (Å²) in [5.41, 5.74) is 1.34. The second-order valence-corrected chi connectivity index (χ2v) is 7.86. The molecule has 0 spiro atoms. The Labute approximate surface area is 156 Å². The van der Waals surface area contributed by atoms with Gasteiger partial charge in [-0.3, -0.25) is 19.3 Å². The van der Waals surface area contributed by atoms with E-state index in [2.05, 4.69) is 5.32 Å². The van der Waals surface area contributed by atoms with Crippen molar-refractivity contribution in [2.24, 2.45) is 5.92 Å². The molecule has 1 saturated carbocycles. The van der Waals surface area contributed by atoms with Crippen LogP contribution in [0.5, 0.6) is 0 Å². The third kappa shape index (κ3) is 3.17. The molecule has 1 fully saturated rings. The van der Waals surface area contributed by atoms with E-state index in [1.165, 1.54) is 35.5 Å². The fraction of sp³-hybridized carbons (Fsp3) is 0.350.